The van der Waals surface area contributed by atoms with Crippen LogP contribution in [-0.2, 0) is 9.59 Å². The Balaban J connectivity index is 1.13. The second-order valence-corrected chi connectivity index (χ2v) is 14.6. The number of carbonyl (C=O) groups is 2. The first kappa shape index (κ1) is 20.6. The molecule has 9 aliphatic rings. The maximum absolute atomic E-state index is 14.1. The van der Waals surface area contributed by atoms with E-state index in [1.165, 1.54) is 38.5 Å². The zero-order valence-corrected chi connectivity index (χ0v) is 20.6. The summed E-state index contributed by atoms with van der Waals surface area (Å²) in [5.41, 5.74) is -0.186. The number of nitrogens with zero attached hydrogens (tertiary/aromatic N) is 2. The fraction of sp³-hybridized carbons (Fsp3) is 0.926. The molecule has 9 rings (SSSR count). The second-order valence-electron chi connectivity index (χ2n) is 13.5. The van der Waals surface area contributed by atoms with Gasteiger partial charge in [-0.05, 0) is 119 Å². The lowest BCUT2D eigenvalue weighted by atomic mass is 9.49. The van der Waals surface area contributed by atoms with E-state index in [4.69, 9.17) is 0 Å². The average molecular weight is 457 g/mol. The summed E-state index contributed by atoms with van der Waals surface area (Å²) in [5.74, 6) is 5.56. The third kappa shape index (κ3) is 3.08. The zero-order chi connectivity index (χ0) is 21.7. The molecule has 0 atom stereocenters. The molecule has 1 heterocycles. The number of hydrogen-bond acceptors (Lipinski definition) is 3. The van der Waals surface area contributed by atoms with Crippen molar-refractivity contribution in [2.75, 3.05) is 26.0 Å². The summed E-state index contributed by atoms with van der Waals surface area (Å²) in [6.45, 7) is 2.25. The minimum atomic E-state index is -0.0928. The largest absolute Gasteiger partial charge is 0.323 e. The number of hydrogen-bond donors (Lipinski definition) is 0. The molecule has 1 saturated heterocycles. The molecule has 2 amide bonds. The van der Waals surface area contributed by atoms with Crippen LogP contribution in [0.5, 0.6) is 0 Å². The number of carbonyl (C=O) groups excluding carboxylic acids is 2. The topological polar surface area (TPSA) is 40.6 Å². The fourth-order valence-corrected chi connectivity index (χ4v) is 11.4. The Morgan fingerprint density at radius 2 is 0.938 bits per heavy atom. The normalized spacial score (nSPS) is 50.8. The minimum absolute atomic E-state index is 0.0928. The maximum atomic E-state index is 14.1. The van der Waals surface area contributed by atoms with E-state index in [0.717, 1.165) is 87.1 Å². The Labute approximate surface area is 197 Å². The van der Waals surface area contributed by atoms with Crippen LogP contribution in [0.3, 0.4) is 0 Å². The molecule has 0 radical (unpaired) electrons. The molecular weight excluding hydrogens is 416 g/mol. The molecule has 5 heteroatoms. The van der Waals surface area contributed by atoms with Gasteiger partial charge in [-0.3, -0.25) is 9.59 Å². The molecule has 0 unspecified atom stereocenters. The SMILES string of the molecule is CSC1CN(C(=O)C23CC4CC(CC(C4)C2)C3)CN(C(=O)C23CC4CC(CC(C4)C2)C3)C1. The zero-order valence-electron chi connectivity index (χ0n) is 19.8. The molecule has 0 spiro atoms. The van der Waals surface area contributed by atoms with Gasteiger partial charge in [0, 0.05) is 18.3 Å². The Morgan fingerprint density at radius 3 is 1.22 bits per heavy atom. The Hall–Kier alpha value is -0.710. The fourth-order valence-electron chi connectivity index (χ4n) is 10.7. The van der Waals surface area contributed by atoms with Crippen molar-refractivity contribution in [3.63, 3.8) is 0 Å². The van der Waals surface area contributed by atoms with E-state index in [0.29, 0.717) is 23.7 Å². The van der Waals surface area contributed by atoms with E-state index >= 15 is 0 Å². The average Bonchev–Trinajstić information content (AvgIpc) is 2.76. The van der Waals surface area contributed by atoms with Gasteiger partial charge >= 0.3 is 0 Å². The molecule has 0 aromatic rings. The molecule has 9 fully saturated rings. The van der Waals surface area contributed by atoms with Crippen LogP contribution in [0, 0.1) is 46.3 Å². The lowest BCUT2D eigenvalue weighted by molar-refractivity contribution is -0.170. The molecular formula is C27H40N2O2S. The smallest absolute Gasteiger partial charge is 0.230 e. The van der Waals surface area contributed by atoms with Gasteiger partial charge in [0.2, 0.25) is 11.8 Å². The van der Waals surface area contributed by atoms with Gasteiger partial charge in [-0.2, -0.15) is 11.8 Å². The first-order valence-electron chi connectivity index (χ1n) is 13.6. The quantitative estimate of drug-likeness (QED) is 0.614. The summed E-state index contributed by atoms with van der Waals surface area (Å²) in [6.07, 6.45) is 17.2. The third-order valence-corrected chi connectivity index (χ3v) is 12.0. The van der Waals surface area contributed by atoms with Crippen molar-refractivity contribution in [3.05, 3.63) is 0 Å². The lowest BCUT2D eigenvalue weighted by Crippen LogP contribution is -2.63. The van der Waals surface area contributed by atoms with E-state index in [1.807, 2.05) is 11.8 Å². The van der Waals surface area contributed by atoms with Gasteiger partial charge < -0.3 is 9.80 Å². The summed E-state index contributed by atoms with van der Waals surface area (Å²) in [6, 6.07) is 0. The van der Waals surface area contributed by atoms with E-state index < -0.39 is 0 Å². The highest BCUT2D eigenvalue weighted by atomic mass is 32.2. The van der Waals surface area contributed by atoms with Gasteiger partial charge in [0.15, 0.2) is 0 Å². The molecule has 8 bridgehead atoms. The van der Waals surface area contributed by atoms with Gasteiger partial charge in [-0.25, -0.2) is 0 Å². The standard InChI is InChI=1S/C27H40N2O2S/c1-32-23-14-28(24(30)26-8-17-2-18(9-26)4-19(3-17)10-26)16-29(15-23)25(31)27-11-20-5-21(12-27)7-22(6-20)13-27/h17-23H,2-16H2,1H3. The van der Waals surface area contributed by atoms with Crippen LogP contribution in [0.1, 0.15) is 77.0 Å². The Bertz CT molecular complexity index is 690. The molecule has 1 aliphatic heterocycles. The van der Waals surface area contributed by atoms with Crippen molar-refractivity contribution in [2.45, 2.75) is 82.3 Å². The second kappa shape index (κ2) is 7.15. The molecule has 0 aromatic heterocycles. The van der Waals surface area contributed by atoms with E-state index in [9.17, 15) is 9.59 Å². The lowest BCUT2D eigenvalue weighted by Gasteiger charge is -2.58. The summed E-state index contributed by atoms with van der Waals surface area (Å²) >= 11 is 1.85. The Kier molecular flexibility index (Phi) is 4.61. The van der Waals surface area contributed by atoms with Crippen molar-refractivity contribution >= 4 is 23.6 Å². The predicted molar refractivity (Wildman–Crippen MR) is 127 cm³/mol. The van der Waals surface area contributed by atoms with Crippen LogP contribution in [0.25, 0.3) is 0 Å². The van der Waals surface area contributed by atoms with Crippen LogP contribution in [-0.4, -0.2) is 52.9 Å². The number of amides is 2. The van der Waals surface area contributed by atoms with Crippen LogP contribution in [0.15, 0.2) is 0 Å². The highest BCUT2D eigenvalue weighted by Gasteiger charge is 2.58. The Morgan fingerprint density at radius 1 is 0.625 bits per heavy atom. The molecule has 0 N–H and O–H groups in total. The number of rotatable bonds is 3. The van der Waals surface area contributed by atoms with Crippen molar-refractivity contribution in [1.82, 2.24) is 9.80 Å². The molecule has 0 aromatic carbocycles. The summed E-state index contributed by atoms with van der Waals surface area (Å²) in [7, 11) is 0. The van der Waals surface area contributed by atoms with E-state index in [-0.39, 0.29) is 10.8 Å². The molecule has 32 heavy (non-hydrogen) atoms. The van der Waals surface area contributed by atoms with Gasteiger partial charge in [0.25, 0.3) is 0 Å². The van der Waals surface area contributed by atoms with Crippen LogP contribution < -0.4 is 0 Å². The third-order valence-electron chi connectivity index (χ3n) is 11.1. The van der Waals surface area contributed by atoms with Gasteiger partial charge in [-0.15, -0.1) is 0 Å². The highest BCUT2D eigenvalue weighted by Crippen LogP contribution is 2.62. The monoisotopic (exact) mass is 456 g/mol. The molecule has 8 aliphatic carbocycles. The van der Waals surface area contributed by atoms with Gasteiger partial charge in [0.1, 0.15) is 0 Å². The van der Waals surface area contributed by atoms with E-state index in [1.54, 1.807) is 0 Å². The van der Waals surface area contributed by atoms with Crippen molar-refractivity contribution < 1.29 is 9.59 Å². The summed E-state index contributed by atoms with van der Waals surface area (Å²) < 4.78 is 0. The van der Waals surface area contributed by atoms with Crippen LogP contribution >= 0.6 is 11.8 Å². The molecule has 4 nitrogen and oxygen atoms in total. The molecule has 8 saturated carbocycles. The highest BCUT2D eigenvalue weighted by molar-refractivity contribution is 7.99. The predicted octanol–water partition coefficient (Wildman–Crippen LogP) is 4.78. The van der Waals surface area contributed by atoms with Crippen molar-refractivity contribution in [1.29, 1.82) is 0 Å². The van der Waals surface area contributed by atoms with Gasteiger partial charge in [-0.1, -0.05) is 0 Å². The number of thioether (sulfide) groups is 1. The summed E-state index contributed by atoms with van der Waals surface area (Å²) in [4.78, 5) is 32.5. The van der Waals surface area contributed by atoms with E-state index in [2.05, 4.69) is 16.1 Å². The molecule has 176 valence electrons. The van der Waals surface area contributed by atoms with Crippen molar-refractivity contribution in [3.8, 4) is 0 Å². The first-order chi connectivity index (χ1) is 15.4. The van der Waals surface area contributed by atoms with Crippen LogP contribution in [0.4, 0.5) is 0 Å². The summed E-state index contributed by atoms with van der Waals surface area (Å²) in [5, 5.41) is 0.361. The van der Waals surface area contributed by atoms with Gasteiger partial charge in [0.05, 0.1) is 17.5 Å². The first-order valence-corrected chi connectivity index (χ1v) is 14.8. The minimum Gasteiger partial charge on any atom is -0.323 e. The van der Waals surface area contributed by atoms with Crippen LogP contribution in [0.2, 0.25) is 0 Å². The maximum Gasteiger partial charge on any atom is 0.230 e. The van der Waals surface area contributed by atoms with Crippen molar-refractivity contribution in [2.24, 2.45) is 46.3 Å².